The van der Waals surface area contributed by atoms with E-state index < -0.39 is 5.41 Å². The maximum absolute atomic E-state index is 12.3. The minimum absolute atomic E-state index is 0.00880. The summed E-state index contributed by atoms with van der Waals surface area (Å²) in [4.78, 5) is 12.3. The van der Waals surface area contributed by atoms with Crippen LogP contribution in [0.1, 0.15) is 12.8 Å². The van der Waals surface area contributed by atoms with E-state index in [0.29, 0.717) is 32.6 Å². The zero-order valence-corrected chi connectivity index (χ0v) is 9.82. The zero-order valence-electron chi connectivity index (χ0n) is 9.82. The van der Waals surface area contributed by atoms with Gasteiger partial charge in [-0.25, -0.2) is 0 Å². The van der Waals surface area contributed by atoms with E-state index in [1.54, 1.807) is 0 Å². The molecule has 4 nitrogen and oxygen atoms in total. The van der Waals surface area contributed by atoms with Crippen LogP contribution in [0.15, 0.2) is 30.3 Å². The third kappa shape index (κ3) is 2.65. The average Bonchev–Trinajstić information content (AvgIpc) is 2.40. The Kier molecular flexibility index (Phi) is 3.76. The predicted octanol–water partition coefficient (Wildman–Crippen LogP) is 1.38. The number of carbonyl (C=O) groups is 1. The van der Waals surface area contributed by atoms with Crippen LogP contribution < -0.4 is 11.1 Å². The highest BCUT2D eigenvalue weighted by Crippen LogP contribution is 2.30. The molecule has 17 heavy (non-hydrogen) atoms. The maximum Gasteiger partial charge on any atom is 0.232 e. The number of carbonyl (C=O) groups excluding carboxylic acids is 1. The number of hydrogen-bond donors (Lipinski definition) is 2. The number of nitrogens with one attached hydrogen (secondary N) is 1. The second-order valence-corrected chi connectivity index (χ2v) is 4.42. The molecule has 0 saturated carbocycles. The van der Waals surface area contributed by atoms with Crippen LogP contribution in [0.5, 0.6) is 0 Å². The topological polar surface area (TPSA) is 64.4 Å². The minimum Gasteiger partial charge on any atom is -0.381 e. The lowest BCUT2D eigenvalue weighted by molar-refractivity contribution is -0.130. The fourth-order valence-corrected chi connectivity index (χ4v) is 2.07. The van der Waals surface area contributed by atoms with Gasteiger partial charge in [0.1, 0.15) is 0 Å². The van der Waals surface area contributed by atoms with Crippen molar-refractivity contribution in [1.29, 1.82) is 0 Å². The SMILES string of the molecule is NCC1(C(=O)Nc2ccccc2)CCOCC1. The van der Waals surface area contributed by atoms with E-state index in [1.807, 2.05) is 30.3 Å². The zero-order chi connectivity index (χ0) is 12.1. The highest BCUT2D eigenvalue weighted by atomic mass is 16.5. The summed E-state index contributed by atoms with van der Waals surface area (Å²) >= 11 is 0. The molecule has 1 aromatic carbocycles. The maximum atomic E-state index is 12.3. The number of nitrogens with two attached hydrogens (primary N) is 1. The van der Waals surface area contributed by atoms with E-state index >= 15 is 0 Å². The molecule has 0 aromatic heterocycles. The van der Waals surface area contributed by atoms with Crippen molar-refractivity contribution in [3.63, 3.8) is 0 Å². The molecule has 4 heteroatoms. The Morgan fingerprint density at radius 1 is 1.29 bits per heavy atom. The van der Waals surface area contributed by atoms with Crippen LogP contribution in [0.3, 0.4) is 0 Å². The first-order valence-electron chi connectivity index (χ1n) is 5.91. The van der Waals surface area contributed by atoms with Crippen LogP contribution in [0, 0.1) is 5.41 Å². The van der Waals surface area contributed by atoms with Gasteiger partial charge in [-0.2, -0.15) is 0 Å². The van der Waals surface area contributed by atoms with Gasteiger partial charge >= 0.3 is 0 Å². The molecule has 1 heterocycles. The molecule has 0 aliphatic carbocycles. The van der Waals surface area contributed by atoms with Crippen molar-refractivity contribution in [2.75, 3.05) is 25.1 Å². The van der Waals surface area contributed by atoms with Crippen LogP contribution in [0.4, 0.5) is 5.69 Å². The van der Waals surface area contributed by atoms with Crippen molar-refractivity contribution in [3.8, 4) is 0 Å². The van der Waals surface area contributed by atoms with Gasteiger partial charge < -0.3 is 15.8 Å². The van der Waals surface area contributed by atoms with Gasteiger partial charge in [0.25, 0.3) is 0 Å². The lowest BCUT2D eigenvalue weighted by atomic mass is 9.79. The summed E-state index contributed by atoms with van der Waals surface area (Å²) in [6, 6.07) is 9.47. The van der Waals surface area contributed by atoms with Crippen LogP contribution in [-0.2, 0) is 9.53 Å². The normalized spacial score (nSPS) is 18.6. The summed E-state index contributed by atoms with van der Waals surface area (Å²) in [6.07, 6.45) is 1.39. The van der Waals surface area contributed by atoms with Crippen molar-refractivity contribution in [3.05, 3.63) is 30.3 Å². The van der Waals surface area contributed by atoms with E-state index in [9.17, 15) is 4.79 Å². The third-order valence-corrected chi connectivity index (χ3v) is 3.35. The largest absolute Gasteiger partial charge is 0.381 e. The minimum atomic E-state index is -0.464. The van der Waals surface area contributed by atoms with E-state index in [1.165, 1.54) is 0 Å². The second kappa shape index (κ2) is 5.29. The number of benzene rings is 1. The van der Waals surface area contributed by atoms with Crippen LogP contribution in [-0.4, -0.2) is 25.7 Å². The molecule has 1 aromatic rings. The van der Waals surface area contributed by atoms with Crippen LogP contribution in [0.25, 0.3) is 0 Å². The first-order chi connectivity index (χ1) is 8.27. The molecule has 0 bridgehead atoms. The lowest BCUT2D eigenvalue weighted by Crippen LogP contribution is -2.46. The fourth-order valence-electron chi connectivity index (χ4n) is 2.07. The molecular weight excluding hydrogens is 216 g/mol. The fraction of sp³-hybridized carbons (Fsp3) is 0.462. The molecule has 1 saturated heterocycles. The Bertz CT molecular complexity index is 372. The molecular formula is C13H18N2O2. The summed E-state index contributed by atoms with van der Waals surface area (Å²) in [7, 11) is 0. The van der Waals surface area contributed by atoms with Crippen LogP contribution >= 0.6 is 0 Å². The smallest absolute Gasteiger partial charge is 0.232 e. The summed E-state index contributed by atoms with van der Waals surface area (Å²) in [6.45, 7) is 1.59. The number of ether oxygens (including phenoxy) is 1. The van der Waals surface area contributed by atoms with Gasteiger partial charge in [-0.1, -0.05) is 18.2 Å². The first kappa shape index (κ1) is 12.1. The summed E-state index contributed by atoms with van der Waals surface area (Å²) in [5.74, 6) is 0.00880. The van der Waals surface area contributed by atoms with Gasteiger partial charge in [0, 0.05) is 25.4 Å². The highest BCUT2D eigenvalue weighted by Gasteiger charge is 2.38. The van der Waals surface area contributed by atoms with Crippen molar-refractivity contribution in [2.45, 2.75) is 12.8 Å². The van der Waals surface area contributed by atoms with Gasteiger partial charge in [-0.3, -0.25) is 4.79 Å². The Morgan fingerprint density at radius 3 is 2.53 bits per heavy atom. The predicted molar refractivity (Wildman–Crippen MR) is 66.6 cm³/mol. The van der Waals surface area contributed by atoms with Crippen molar-refractivity contribution < 1.29 is 9.53 Å². The van der Waals surface area contributed by atoms with Gasteiger partial charge in [-0.15, -0.1) is 0 Å². The van der Waals surface area contributed by atoms with E-state index in [4.69, 9.17) is 10.5 Å². The summed E-state index contributed by atoms with van der Waals surface area (Å²) in [5, 5.41) is 2.93. The lowest BCUT2D eigenvalue weighted by Gasteiger charge is -2.34. The number of anilines is 1. The average molecular weight is 234 g/mol. The van der Waals surface area contributed by atoms with Gasteiger partial charge in [0.05, 0.1) is 5.41 Å². The number of rotatable bonds is 3. The molecule has 0 unspecified atom stereocenters. The second-order valence-electron chi connectivity index (χ2n) is 4.42. The molecule has 92 valence electrons. The molecule has 1 aliphatic heterocycles. The molecule has 1 fully saturated rings. The third-order valence-electron chi connectivity index (χ3n) is 3.35. The number of amides is 1. The van der Waals surface area contributed by atoms with Gasteiger partial charge in [0.2, 0.25) is 5.91 Å². The molecule has 0 atom stereocenters. The quantitative estimate of drug-likeness (QED) is 0.830. The molecule has 1 aliphatic rings. The Labute approximate surface area is 101 Å². The number of hydrogen-bond acceptors (Lipinski definition) is 3. The monoisotopic (exact) mass is 234 g/mol. The van der Waals surface area contributed by atoms with Crippen molar-refractivity contribution in [2.24, 2.45) is 11.1 Å². The van der Waals surface area contributed by atoms with Gasteiger partial charge in [0.15, 0.2) is 0 Å². The van der Waals surface area contributed by atoms with E-state index in [2.05, 4.69) is 5.32 Å². The first-order valence-corrected chi connectivity index (χ1v) is 5.91. The number of para-hydroxylation sites is 1. The highest BCUT2D eigenvalue weighted by molar-refractivity contribution is 5.95. The Hall–Kier alpha value is -1.39. The van der Waals surface area contributed by atoms with E-state index in [-0.39, 0.29) is 5.91 Å². The Balaban J connectivity index is 2.07. The Morgan fingerprint density at radius 2 is 1.94 bits per heavy atom. The molecule has 0 spiro atoms. The molecule has 0 radical (unpaired) electrons. The van der Waals surface area contributed by atoms with E-state index in [0.717, 1.165) is 5.69 Å². The molecule has 1 amide bonds. The van der Waals surface area contributed by atoms with Crippen LogP contribution in [0.2, 0.25) is 0 Å². The van der Waals surface area contributed by atoms with Gasteiger partial charge in [-0.05, 0) is 25.0 Å². The molecule has 3 N–H and O–H groups in total. The van der Waals surface area contributed by atoms with Crippen molar-refractivity contribution >= 4 is 11.6 Å². The summed E-state index contributed by atoms with van der Waals surface area (Å²) in [5.41, 5.74) is 6.13. The summed E-state index contributed by atoms with van der Waals surface area (Å²) < 4.78 is 5.29. The molecule has 2 rings (SSSR count). The van der Waals surface area contributed by atoms with Crippen molar-refractivity contribution in [1.82, 2.24) is 0 Å². The standard InChI is InChI=1S/C13H18N2O2/c14-10-13(6-8-17-9-7-13)12(16)15-11-4-2-1-3-5-11/h1-5H,6-10,14H2,(H,15,16).